The van der Waals surface area contributed by atoms with Crippen LogP contribution in [0.1, 0.15) is 0 Å². The van der Waals surface area contributed by atoms with E-state index in [0.29, 0.717) is 28.6 Å². The van der Waals surface area contributed by atoms with Crippen LogP contribution >= 0.6 is 12.4 Å². The average molecular weight is 432 g/mol. The van der Waals surface area contributed by atoms with Crippen LogP contribution in [0.4, 0.5) is 0 Å². The van der Waals surface area contributed by atoms with Gasteiger partial charge in [0.2, 0.25) is 9.84 Å². The Hall–Kier alpha value is -2.61. The molecule has 1 N–H and O–H groups in total. The minimum absolute atomic E-state index is 0. The van der Waals surface area contributed by atoms with Crippen molar-refractivity contribution in [2.75, 3.05) is 27.2 Å². The summed E-state index contributed by atoms with van der Waals surface area (Å²) in [4.78, 5) is 2.30. The van der Waals surface area contributed by atoms with Crippen molar-refractivity contribution in [1.29, 1.82) is 0 Å². The fraction of sp³-hybridized carbons (Fsp3) is 0.190. The van der Waals surface area contributed by atoms with E-state index < -0.39 is 9.84 Å². The topological polar surface area (TPSA) is 75.3 Å². The molecule has 0 saturated heterocycles. The fourth-order valence-corrected chi connectivity index (χ4v) is 4.73. The molecule has 0 bridgehead atoms. The number of nitrogens with one attached hydrogen (secondary N) is 1. The van der Waals surface area contributed by atoms with Crippen molar-refractivity contribution >= 4 is 43.9 Å². The van der Waals surface area contributed by atoms with Gasteiger partial charge in [0.15, 0.2) is 5.03 Å². The van der Waals surface area contributed by atoms with Crippen molar-refractivity contribution in [2.45, 2.75) is 9.92 Å². The van der Waals surface area contributed by atoms with Gasteiger partial charge in [0.1, 0.15) is 12.4 Å². The molecule has 152 valence electrons. The van der Waals surface area contributed by atoms with Gasteiger partial charge in [0.05, 0.1) is 10.4 Å². The molecule has 0 atom stereocenters. The first-order valence-electron chi connectivity index (χ1n) is 8.95. The summed E-state index contributed by atoms with van der Waals surface area (Å²) in [5, 5.41) is 9.13. The van der Waals surface area contributed by atoms with Crippen LogP contribution in [0.2, 0.25) is 0 Å². The molecule has 0 aliphatic heterocycles. The lowest BCUT2D eigenvalue weighted by Crippen LogP contribution is -2.19. The number of halogens is 1. The minimum Gasteiger partial charge on any atom is -0.492 e. The molecule has 6 nitrogen and oxygen atoms in total. The quantitative estimate of drug-likeness (QED) is 0.501. The monoisotopic (exact) mass is 431 g/mol. The molecule has 8 heteroatoms. The first-order chi connectivity index (χ1) is 13.5. The van der Waals surface area contributed by atoms with Crippen LogP contribution in [0.5, 0.6) is 5.75 Å². The highest BCUT2D eigenvalue weighted by atomic mass is 35.5. The van der Waals surface area contributed by atoms with E-state index in [1.165, 1.54) is 0 Å². The molecular formula is C21H22ClN3O3S. The van der Waals surface area contributed by atoms with Crippen LogP contribution in [-0.4, -0.2) is 50.8 Å². The molecule has 0 saturated carbocycles. The summed E-state index contributed by atoms with van der Waals surface area (Å²) in [5.41, 5.74) is 0.557. The van der Waals surface area contributed by atoms with Gasteiger partial charge in [0.25, 0.3) is 0 Å². The van der Waals surface area contributed by atoms with Crippen molar-refractivity contribution < 1.29 is 13.2 Å². The Bertz CT molecular complexity index is 1250. The lowest BCUT2D eigenvalue weighted by Gasteiger charge is -2.11. The molecule has 0 radical (unpaired) electrons. The lowest BCUT2D eigenvalue weighted by atomic mass is 10.1. The number of H-pyrrole nitrogens is 1. The number of aromatic nitrogens is 2. The van der Waals surface area contributed by atoms with Crippen LogP contribution in [0.25, 0.3) is 21.7 Å². The Morgan fingerprint density at radius 3 is 2.55 bits per heavy atom. The van der Waals surface area contributed by atoms with E-state index in [1.807, 2.05) is 49.3 Å². The van der Waals surface area contributed by atoms with Crippen LogP contribution in [0, 0.1) is 0 Å². The molecular weight excluding hydrogens is 410 g/mol. The molecule has 0 aliphatic carbocycles. The highest BCUT2D eigenvalue weighted by Gasteiger charge is 2.25. The Balaban J connectivity index is 0.00000240. The molecule has 4 aromatic rings. The van der Waals surface area contributed by atoms with Crippen LogP contribution in [-0.2, 0) is 9.84 Å². The number of benzene rings is 3. The molecule has 0 unspecified atom stereocenters. The van der Waals surface area contributed by atoms with Crippen LogP contribution in [0.3, 0.4) is 0 Å². The second kappa shape index (κ2) is 8.41. The van der Waals surface area contributed by atoms with Crippen molar-refractivity contribution in [3.8, 4) is 5.75 Å². The maximum absolute atomic E-state index is 13.3. The zero-order valence-electron chi connectivity index (χ0n) is 16.1. The normalized spacial score (nSPS) is 11.7. The Kier molecular flexibility index (Phi) is 6.12. The summed E-state index contributed by atoms with van der Waals surface area (Å²) in [5.74, 6) is 0.662. The number of aromatic amines is 1. The molecule has 0 aliphatic rings. The largest absolute Gasteiger partial charge is 0.492 e. The van der Waals surface area contributed by atoms with Crippen molar-refractivity contribution in [2.24, 2.45) is 0 Å². The SMILES string of the molecule is CN(C)CCOc1ccc2c(S(=O)(=O)c3cccc4ccccc34)[nH]nc2c1.Cl. The predicted molar refractivity (Wildman–Crippen MR) is 117 cm³/mol. The summed E-state index contributed by atoms with van der Waals surface area (Å²) in [6.45, 7) is 1.34. The van der Waals surface area contributed by atoms with Gasteiger partial charge >= 0.3 is 0 Å². The number of rotatable bonds is 6. The van der Waals surface area contributed by atoms with Crippen LogP contribution in [0.15, 0.2) is 70.6 Å². The van der Waals surface area contributed by atoms with Gasteiger partial charge in [-0.3, -0.25) is 5.10 Å². The average Bonchev–Trinajstić information content (AvgIpc) is 3.11. The van der Waals surface area contributed by atoms with E-state index in [4.69, 9.17) is 4.74 Å². The summed E-state index contributed by atoms with van der Waals surface area (Å²) >= 11 is 0. The third-order valence-electron chi connectivity index (χ3n) is 4.61. The maximum atomic E-state index is 13.3. The van der Waals surface area contributed by atoms with E-state index in [-0.39, 0.29) is 22.3 Å². The first kappa shape index (κ1) is 21.1. The van der Waals surface area contributed by atoms with Gasteiger partial charge in [-0.25, -0.2) is 8.42 Å². The van der Waals surface area contributed by atoms with Crippen molar-refractivity contribution in [3.05, 3.63) is 60.7 Å². The van der Waals surface area contributed by atoms with Gasteiger partial charge in [-0.15, -0.1) is 12.4 Å². The number of likely N-dealkylation sites (N-methyl/N-ethyl adjacent to an activating group) is 1. The molecule has 0 fully saturated rings. The molecule has 1 heterocycles. The highest BCUT2D eigenvalue weighted by Crippen LogP contribution is 2.32. The van der Waals surface area contributed by atoms with Gasteiger partial charge in [-0.05, 0) is 37.7 Å². The van der Waals surface area contributed by atoms with Crippen molar-refractivity contribution in [3.63, 3.8) is 0 Å². The number of nitrogens with zero attached hydrogens (tertiary/aromatic N) is 2. The third-order valence-corrected chi connectivity index (χ3v) is 6.39. The van der Waals surface area contributed by atoms with E-state index in [1.54, 1.807) is 30.3 Å². The molecule has 4 rings (SSSR count). The number of fused-ring (bicyclic) bond motifs is 2. The fourth-order valence-electron chi connectivity index (χ4n) is 3.15. The second-order valence-electron chi connectivity index (χ2n) is 6.86. The van der Waals surface area contributed by atoms with Gasteiger partial charge < -0.3 is 9.64 Å². The van der Waals surface area contributed by atoms with Gasteiger partial charge in [-0.1, -0.05) is 36.4 Å². The van der Waals surface area contributed by atoms with E-state index in [2.05, 4.69) is 10.2 Å². The standard InChI is InChI=1S/C21H21N3O3S.ClH/c1-24(2)12-13-27-16-10-11-18-19(14-16)22-23-21(18)28(25,26)20-9-5-7-15-6-3-4-8-17(15)20;/h3-11,14H,12-13H2,1-2H3,(H,22,23);1H. The Morgan fingerprint density at radius 1 is 1.00 bits per heavy atom. The smallest absolute Gasteiger partial charge is 0.224 e. The molecule has 1 aromatic heterocycles. The molecule has 29 heavy (non-hydrogen) atoms. The van der Waals surface area contributed by atoms with E-state index in [9.17, 15) is 8.42 Å². The summed E-state index contributed by atoms with van der Waals surface area (Å²) < 4.78 is 32.4. The lowest BCUT2D eigenvalue weighted by molar-refractivity contribution is 0.261. The van der Waals surface area contributed by atoms with Gasteiger partial charge in [-0.2, -0.15) is 5.10 Å². The van der Waals surface area contributed by atoms with E-state index in [0.717, 1.165) is 11.9 Å². The summed E-state index contributed by atoms with van der Waals surface area (Å²) in [6.07, 6.45) is 0. The maximum Gasteiger partial charge on any atom is 0.224 e. The predicted octanol–water partition coefficient (Wildman–Crippen LogP) is 3.91. The minimum atomic E-state index is -3.76. The zero-order valence-corrected chi connectivity index (χ0v) is 17.8. The third kappa shape index (κ3) is 4.07. The zero-order chi connectivity index (χ0) is 19.7. The second-order valence-corrected chi connectivity index (χ2v) is 8.72. The first-order valence-corrected chi connectivity index (χ1v) is 10.4. The van der Waals surface area contributed by atoms with Crippen LogP contribution < -0.4 is 4.74 Å². The molecule has 0 spiro atoms. The van der Waals surface area contributed by atoms with E-state index >= 15 is 0 Å². The number of hydrogen-bond donors (Lipinski definition) is 1. The highest BCUT2D eigenvalue weighted by molar-refractivity contribution is 7.91. The summed E-state index contributed by atoms with van der Waals surface area (Å²) in [7, 11) is 0.198. The number of ether oxygens (including phenoxy) is 1. The molecule has 0 amide bonds. The number of hydrogen-bond acceptors (Lipinski definition) is 5. The summed E-state index contributed by atoms with van der Waals surface area (Å²) in [6, 6.07) is 18.0. The Morgan fingerprint density at radius 2 is 1.76 bits per heavy atom. The number of sulfone groups is 1. The molecule has 3 aromatic carbocycles. The van der Waals surface area contributed by atoms with Crippen molar-refractivity contribution in [1.82, 2.24) is 15.1 Å². The Labute approximate surface area is 175 Å². The van der Waals surface area contributed by atoms with Gasteiger partial charge in [0, 0.05) is 23.4 Å².